The molecule has 20 heavy (non-hydrogen) atoms. The molecule has 7 heteroatoms. The van der Waals surface area contributed by atoms with Gasteiger partial charge in [-0.3, -0.25) is 0 Å². The van der Waals surface area contributed by atoms with Crippen molar-refractivity contribution in [1.29, 1.82) is 0 Å². The SMILES string of the molecule is COC(=O)[C@H](O)C[C@@H]1C[C@@H](O)CN1C(=O)OC(C)(C)C. The fourth-order valence-corrected chi connectivity index (χ4v) is 2.15. The van der Waals surface area contributed by atoms with Gasteiger partial charge in [0.15, 0.2) is 6.10 Å². The number of methoxy groups -OCH3 is 1. The summed E-state index contributed by atoms with van der Waals surface area (Å²) in [6.45, 7) is 5.37. The van der Waals surface area contributed by atoms with Crippen LogP contribution >= 0.6 is 0 Å². The largest absolute Gasteiger partial charge is 0.467 e. The Kier molecular flexibility index (Phi) is 5.35. The molecule has 0 saturated carbocycles. The maximum Gasteiger partial charge on any atom is 0.410 e. The zero-order chi connectivity index (χ0) is 15.5. The van der Waals surface area contributed by atoms with Gasteiger partial charge in [-0.2, -0.15) is 0 Å². The number of hydrogen-bond donors (Lipinski definition) is 2. The Morgan fingerprint density at radius 1 is 1.40 bits per heavy atom. The zero-order valence-corrected chi connectivity index (χ0v) is 12.3. The highest BCUT2D eigenvalue weighted by atomic mass is 16.6. The first kappa shape index (κ1) is 16.7. The zero-order valence-electron chi connectivity index (χ0n) is 12.3. The van der Waals surface area contributed by atoms with E-state index in [1.54, 1.807) is 20.8 Å². The molecule has 0 aromatic heterocycles. The monoisotopic (exact) mass is 289 g/mol. The minimum Gasteiger partial charge on any atom is -0.467 e. The average Bonchev–Trinajstić information content (AvgIpc) is 2.67. The van der Waals surface area contributed by atoms with Gasteiger partial charge in [0, 0.05) is 12.5 Å². The second-order valence-corrected chi connectivity index (χ2v) is 5.95. The van der Waals surface area contributed by atoms with Gasteiger partial charge in [-0.15, -0.1) is 0 Å². The molecule has 3 atom stereocenters. The number of β-amino-alcohol motifs (C(OH)–C–C–N with tert-alkyl or cyclic N) is 1. The number of aliphatic hydroxyl groups excluding tert-OH is 2. The van der Waals surface area contributed by atoms with Crippen LogP contribution in [0.5, 0.6) is 0 Å². The number of carbonyl (C=O) groups excluding carboxylic acids is 2. The van der Waals surface area contributed by atoms with Gasteiger partial charge in [-0.25, -0.2) is 9.59 Å². The number of aliphatic hydroxyl groups is 2. The van der Waals surface area contributed by atoms with E-state index in [0.29, 0.717) is 6.42 Å². The number of rotatable bonds is 3. The lowest BCUT2D eigenvalue weighted by Gasteiger charge is -2.29. The van der Waals surface area contributed by atoms with Crippen molar-refractivity contribution in [3.05, 3.63) is 0 Å². The summed E-state index contributed by atoms with van der Waals surface area (Å²) >= 11 is 0. The second kappa shape index (κ2) is 6.41. The predicted molar refractivity (Wildman–Crippen MR) is 70.0 cm³/mol. The summed E-state index contributed by atoms with van der Waals surface area (Å²) in [6, 6.07) is -0.450. The Morgan fingerprint density at radius 3 is 2.50 bits per heavy atom. The highest BCUT2D eigenvalue weighted by Crippen LogP contribution is 2.24. The number of nitrogens with zero attached hydrogens (tertiary/aromatic N) is 1. The molecule has 1 fully saturated rings. The Hall–Kier alpha value is -1.34. The number of amides is 1. The molecule has 7 nitrogen and oxygen atoms in total. The van der Waals surface area contributed by atoms with Gasteiger partial charge < -0.3 is 24.6 Å². The van der Waals surface area contributed by atoms with Crippen LogP contribution in [0.4, 0.5) is 4.79 Å². The normalized spacial score (nSPS) is 24.4. The first-order valence-corrected chi connectivity index (χ1v) is 6.57. The number of carbonyl (C=O) groups is 2. The van der Waals surface area contributed by atoms with Gasteiger partial charge in [-0.05, 0) is 27.2 Å². The van der Waals surface area contributed by atoms with Crippen LogP contribution in [0.15, 0.2) is 0 Å². The Labute approximate surface area is 118 Å². The number of ether oxygens (including phenoxy) is 2. The molecule has 0 bridgehead atoms. The first-order valence-electron chi connectivity index (χ1n) is 6.57. The van der Waals surface area contributed by atoms with E-state index in [2.05, 4.69) is 4.74 Å². The molecule has 0 unspecified atom stereocenters. The van der Waals surface area contributed by atoms with E-state index in [-0.39, 0.29) is 13.0 Å². The lowest BCUT2D eigenvalue weighted by molar-refractivity contribution is -0.151. The highest BCUT2D eigenvalue weighted by Gasteiger charge is 2.38. The maximum atomic E-state index is 12.0. The summed E-state index contributed by atoms with van der Waals surface area (Å²) in [5.74, 6) is -0.754. The Morgan fingerprint density at radius 2 is 2.00 bits per heavy atom. The van der Waals surface area contributed by atoms with Gasteiger partial charge in [0.1, 0.15) is 5.60 Å². The molecular formula is C13H23NO6. The molecule has 0 aromatic carbocycles. The van der Waals surface area contributed by atoms with Crippen molar-refractivity contribution in [3.8, 4) is 0 Å². The van der Waals surface area contributed by atoms with E-state index in [9.17, 15) is 19.8 Å². The minimum absolute atomic E-state index is 0.0168. The summed E-state index contributed by atoms with van der Waals surface area (Å²) in [6.07, 6.45) is -2.25. The van der Waals surface area contributed by atoms with E-state index in [4.69, 9.17) is 4.74 Å². The van der Waals surface area contributed by atoms with Crippen molar-refractivity contribution in [3.63, 3.8) is 0 Å². The predicted octanol–water partition coefficient (Wildman–Crippen LogP) is 0.281. The second-order valence-electron chi connectivity index (χ2n) is 5.95. The maximum absolute atomic E-state index is 12.0. The van der Waals surface area contributed by atoms with Crippen LogP contribution in [0.25, 0.3) is 0 Å². The van der Waals surface area contributed by atoms with E-state index >= 15 is 0 Å². The fourth-order valence-electron chi connectivity index (χ4n) is 2.15. The standard InChI is InChI=1S/C13H23NO6/c1-13(2,3)20-12(18)14-7-9(15)5-8(14)6-10(16)11(17)19-4/h8-10,15-16H,5-7H2,1-4H3/t8-,9+,10+/m0/s1. The van der Waals surface area contributed by atoms with Gasteiger partial charge in [0.25, 0.3) is 0 Å². The van der Waals surface area contributed by atoms with Crippen molar-refractivity contribution in [2.24, 2.45) is 0 Å². The quantitative estimate of drug-likeness (QED) is 0.724. The summed E-state index contributed by atoms with van der Waals surface area (Å²) in [4.78, 5) is 24.6. The third-order valence-electron chi connectivity index (χ3n) is 2.99. The Bertz CT molecular complexity index is 364. The number of esters is 1. The van der Waals surface area contributed by atoms with Gasteiger partial charge in [-0.1, -0.05) is 0 Å². The molecule has 1 amide bonds. The smallest absolute Gasteiger partial charge is 0.410 e. The number of likely N-dealkylation sites (tertiary alicyclic amines) is 1. The molecule has 1 saturated heterocycles. The summed E-state index contributed by atoms with van der Waals surface area (Å²) in [5, 5.41) is 19.3. The van der Waals surface area contributed by atoms with Gasteiger partial charge >= 0.3 is 12.1 Å². The van der Waals surface area contributed by atoms with E-state index in [0.717, 1.165) is 0 Å². The van der Waals surface area contributed by atoms with Gasteiger partial charge in [0.05, 0.1) is 19.8 Å². The fraction of sp³-hybridized carbons (Fsp3) is 0.846. The molecule has 0 aliphatic carbocycles. The van der Waals surface area contributed by atoms with Crippen molar-refractivity contribution in [1.82, 2.24) is 4.90 Å². The van der Waals surface area contributed by atoms with Crippen LogP contribution in [-0.4, -0.2) is 64.7 Å². The van der Waals surface area contributed by atoms with Crippen LogP contribution in [0.3, 0.4) is 0 Å². The van der Waals surface area contributed by atoms with Crippen LogP contribution < -0.4 is 0 Å². The topological polar surface area (TPSA) is 96.3 Å². The van der Waals surface area contributed by atoms with Crippen LogP contribution in [0.1, 0.15) is 33.6 Å². The van der Waals surface area contributed by atoms with Crippen molar-refractivity contribution in [2.45, 2.75) is 57.5 Å². The molecule has 0 spiro atoms. The van der Waals surface area contributed by atoms with E-state index < -0.39 is 35.9 Å². The highest BCUT2D eigenvalue weighted by molar-refractivity contribution is 5.74. The van der Waals surface area contributed by atoms with E-state index in [1.807, 2.05) is 0 Å². The molecule has 2 N–H and O–H groups in total. The molecule has 1 rings (SSSR count). The molecule has 1 aliphatic heterocycles. The van der Waals surface area contributed by atoms with Gasteiger partial charge in [0.2, 0.25) is 0 Å². The minimum atomic E-state index is -1.32. The summed E-state index contributed by atoms with van der Waals surface area (Å²) < 4.78 is 9.69. The van der Waals surface area contributed by atoms with Crippen molar-refractivity contribution >= 4 is 12.1 Å². The van der Waals surface area contributed by atoms with Crippen molar-refractivity contribution in [2.75, 3.05) is 13.7 Å². The molecule has 1 aliphatic rings. The molecule has 1 heterocycles. The molecular weight excluding hydrogens is 266 g/mol. The summed E-state index contributed by atoms with van der Waals surface area (Å²) in [5.41, 5.74) is -0.643. The average molecular weight is 289 g/mol. The van der Waals surface area contributed by atoms with Crippen molar-refractivity contribution < 1.29 is 29.3 Å². The summed E-state index contributed by atoms with van der Waals surface area (Å²) in [7, 11) is 1.18. The molecule has 0 aromatic rings. The van der Waals surface area contributed by atoms with Crippen LogP contribution in [-0.2, 0) is 14.3 Å². The molecule has 116 valence electrons. The third-order valence-corrected chi connectivity index (χ3v) is 2.99. The molecule has 0 radical (unpaired) electrons. The number of hydrogen-bond acceptors (Lipinski definition) is 6. The lowest BCUT2D eigenvalue weighted by Crippen LogP contribution is -2.42. The first-order chi connectivity index (χ1) is 9.14. The third kappa shape index (κ3) is 4.64. The van der Waals surface area contributed by atoms with Crippen LogP contribution in [0, 0.1) is 0 Å². The Balaban J connectivity index is 2.69. The van der Waals surface area contributed by atoms with Crippen LogP contribution in [0.2, 0.25) is 0 Å². The lowest BCUT2D eigenvalue weighted by atomic mass is 10.1. The van der Waals surface area contributed by atoms with E-state index in [1.165, 1.54) is 12.0 Å².